The molecular formula is C19H20N4O3. The summed E-state index contributed by atoms with van der Waals surface area (Å²) >= 11 is 0. The number of fused-ring (bicyclic) bond motifs is 3. The van der Waals surface area contributed by atoms with Crippen molar-refractivity contribution < 1.29 is 9.53 Å². The molecule has 26 heavy (non-hydrogen) atoms. The van der Waals surface area contributed by atoms with Crippen molar-refractivity contribution in [2.24, 2.45) is 12.8 Å². The Morgan fingerprint density at radius 1 is 1.23 bits per heavy atom. The average molecular weight is 352 g/mol. The van der Waals surface area contributed by atoms with E-state index in [2.05, 4.69) is 10.1 Å². The van der Waals surface area contributed by atoms with Crippen LogP contribution in [0.5, 0.6) is 0 Å². The van der Waals surface area contributed by atoms with Crippen LogP contribution >= 0.6 is 0 Å². The molecule has 0 unspecified atom stereocenters. The molecule has 3 aromatic rings. The summed E-state index contributed by atoms with van der Waals surface area (Å²) in [5, 5.41) is 5.68. The minimum atomic E-state index is -0.791. The SMILES string of the molecule is Cn1nc(-c2ccc(COC(N)=O)cc2)c2c3c(c(=O)[nH]c21)CCCC3. The number of primary amides is 1. The molecule has 134 valence electrons. The van der Waals surface area contributed by atoms with E-state index in [1.165, 1.54) is 0 Å². The van der Waals surface area contributed by atoms with Gasteiger partial charge in [-0.15, -0.1) is 0 Å². The molecule has 0 saturated heterocycles. The van der Waals surface area contributed by atoms with Gasteiger partial charge in [0, 0.05) is 23.6 Å². The summed E-state index contributed by atoms with van der Waals surface area (Å²) in [6.07, 6.45) is 3.06. The van der Waals surface area contributed by atoms with Crippen molar-refractivity contribution >= 4 is 17.1 Å². The maximum atomic E-state index is 12.4. The van der Waals surface area contributed by atoms with Crippen LogP contribution in [0.3, 0.4) is 0 Å². The van der Waals surface area contributed by atoms with E-state index < -0.39 is 6.09 Å². The number of aromatic nitrogens is 3. The number of hydrogen-bond acceptors (Lipinski definition) is 4. The number of nitrogens with zero attached hydrogens (tertiary/aromatic N) is 2. The molecule has 0 aliphatic heterocycles. The van der Waals surface area contributed by atoms with Gasteiger partial charge in [-0.25, -0.2) is 4.79 Å². The van der Waals surface area contributed by atoms with Crippen LogP contribution in [0.15, 0.2) is 29.1 Å². The van der Waals surface area contributed by atoms with Crippen molar-refractivity contribution in [3.8, 4) is 11.3 Å². The van der Waals surface area contributed by atoms with E-state index in [1.54, 1.807) is 4.68 Å². The van der Waals surface area contributed by atoms with Crippen LogP contribution in [0.2, 0.25) is 0 Å². The third-order valence-corrected chi connectivity index (χ3v) is 4.93. The Bertz CT molecular complexity index is 1050. The van der Waals surface area contributed by atoms with E-state index in [0.29, 0.717) is 0 Å². The minimum absolute atomic E-state index is 0.000647. The number of aryl methyl sites for hydroxylation is 2. The second kappa shape index (κ2) is 6.33. The van der Waals surface area contributed by atoms with Crippen LogP contribution in [-0.4, -0.2) is 20.9 Å². The van der Waals surface area contributed by atoms with Gasteiger partial charge in [0.2, 0.25) is 0 Å². The third-order valence-electron chi connectivity index (χ3n) is 4.93. The number of nitrogens with one attached hydrogen (secondary N) is 1. The quantitative estimate of drug-likeness (QED) is 0.755. The van der Waals surface area contributed by atoms with Crippen molar-refractivity contribution in [2.45, 2.75) is 32.3 Å². The molecule has 1 aromatic carbocycles. The predicted octanol–water partition coefficient (Wildman–Crippen LogP) is 2.40. The number of aromatic amines is 1. The molecule has 0 fully saturated rings. The van der Waals surface area contributed by atoms with Gasteiger partial charge in [0.05, 0.1) is 0 Å². The number of hydrogen-bond donors (Lipinski definition) is 2. The Morgan fingerprint density at radius 3 is 2.62 bits per heavy atom. The Hall–Kier alpha value is -3.09. The number of nitrogens with two attached hydrogens (primary N) is 1. The second-order valence-corrected chi connectivity index (χ2v) is 6.62. The van der Waals surface area contributed by atoms with Crippen molar-refractivity contribution in [1.29, 1.82) is 0 Å². The first-order chi connectivity index (χ1) is 12.5. The normalized spacial score (nSPS) is 13.6. The van der Waals surface area contributed by atoms with Gasteiger partial charge in [0.15, 0.2) is 0 Å². The lowest BCUT2D eigenvalue weighted by Crippen LogP contribution is -2.19. The van der Waals surface area contributed by atoms with Gasteiger partial charge >= 0.3 is 6.09 Å². The van der Waals surface area contributed by atoms with E-state index >= 15 is 0 Å². The zero-order valence-electron chi connectivity index (χ0n) is 14.5. The number of carbonyl (C=O) groups excluding carboxylic acids is 1. The molecule has 1 aliphatic rings. The fourth-order valence-corrected chi connectivity index (χ4v) is 3.68. The zero-order valence-corrected chi connectivity index (χ0v) is 14.5. The van der Waals surface area contributed by atoms with Crippen molar-refractivity contribution in [3.63, 3.8) is 0 Å². The number of H-pyrrole nitrogens is 1. The molecule has 0 atom stereocenters. The molecular weight excluding hydrogens is 332 g/mol. The van der Waals surface area contributed by atoms with Gasteiger partial charge < -0.3 is 15.5 Å². The van der Waals surface area contributed by atoms with Gasteiger partial charge in [0.25, 0.3) is 5.56 Å². The highest BCUT2D eigenvalue weighted by atomic mass is 16.5. The summed E-state index contributed by atoms with van der Waals surface area (Å²) in [6.45, 7) is 0.140. The van der Waals surface area contributed by atoms with Gasteiger partial charge in [-0.05, 0) is 36.8 Å². The maximum absolute atomic E-state index is 12.4. The lowest BCUT2D eigenvalue weighted by Gasteiger charge is -2.16. The summed E-state index contributed by atoms with van der Waals surface area (Å²) in [5.74, 6) is 0. The Balaban J connectivity index is 1.82. The monoisotopic (exact) mass is 352 g/mol. The van der Waals surface area contributed by atoms with Gasteiger partial charge in [0.1, 0.15) is 17.9 Å². The molecule has 1 amide bonds. The standard InChI is InChI=1S/C19H20N4O3/c1-23-17-15(13-4-2-3-5-14(13)18(24)21-17)16(22-23)12-8-6-11(7-9-12)10-26-19(20)25/h6-9H,2-5,10H2,1H3,(H2,20,25)(H,21,24). The maximum Gasteiger partial charge on any atom is 0.404 e. The molecule has 7 nitrogen and oxygen atoms in total. The molecule has 2 aromatic heterocycles. The number of ether oxygens (including phenoxy) is 1. The first-order valence-electron chi connectivity index (χ1n) is 8.67. The molecule has 0 bridgehead atoms. The van der Waals surface area contributed by atoms with Crippen LogP contribution in [-0.2, 0) is 31.2 Å². The lowest BCUT2D eigenvalue weighted by atomic mass is 9.89. The average Bonchev–Trinajstić information content (AvgIpc) is 2.97. The van der Waals surface area contributed by atoms with Crippen LogP contribution < -0.4 is 11.3 Å². The molecule has 1 aliphatic carbocycles. The highest BCUT2D eigenvalue weighted by Crippen LogP contribution is 2.33. The first-order valence-corrected chi connectivity index (χ1v) is 8.67. The predicted molar refractivity (Wildman–Crippen MR) is 97.8 cm³/mol. The van der Waals surface area contributed by atoms with Crippen LogP contribution in [0, 0.1) is 0 Å². The van der Waals surface area contributed by atoms with E-state index in [9.17, 15) is 9.59 Å². The van der Waals surface area contributed by atoms with Crippen LogP contribution in [0.25, 0.3) is 22.3 Å². The molecule has 3 N–H and O–H groups in total. The number of benzene rings is 1. The van der Waals surface area contributed by atoms with E-state index in [-0.39, 0.29) is 12.2 Å². The number of carbonyl (C=O) groups is 1. The topological polar surface area (TPSA) is 103 Å². The highest BCUT2D eigenvalue weighted by molar-refractivity contribution is 5.94. The Labute approximate surface area is 149 Å². The Morgan fingerprint density at radius 2 is 1.92 bits per heavy atom. The van der Waals surface area contributed by atoms with Crippen LogP contribution in [0.1, 0.15) is 29.5 Å². The second-order valence-electron chi connectivity index (χ2n) is 6.62. The number of rotatable bonds is 3. The highest BCUT2D eigenvalue weighted by Gasteiger charge is 2.22. The van der Waals surface area contributed by atoms with Crippen molar-refractivity contribution in [3.05, 3.63) is 51.3 Å². The minimum Gasteiger partial charge on any atom is -0.445 e. The smallest absolute Gasteiger partial charge is 0.404 e. The fourth-order valence-electron chi connectivity index (χ4n) is 3.68. The van der Waals surface area contributed by atoms with Crippen molar-refractivity contribution in [1.82, 2.24) is 14.8 Å². The number of pyridine rings is 1. The number of amides is 1. The first kappa shape index (κ1) is 16.4. The molecule has 7 heteroatoms. The van der Waals surface area contributed by atoms with E-state index in [1.807, 2.05) is 31.3 Å². The van der Waals surface area contributed by atoms with Gasteiger partial charge in [-0.2, -0.15) is 5.10 Å². The molecule has 2 heterocycles. The zero-order chi connectivity index (χ0) is 18.3. The lowest BCUT2D eigenvalue weighted by molar-refractivity contribution is 0.150. The van der Waals surface area contributed by atoms with Crippen LogP contribution in [0.4, 0.5) is 4.79 Å². The molecule has 0 spiro atoms. The summed E-state index contributed by atoms with van der Waals surface area (Å²) in [6, 6.07) is 7.66. The van der Waals surface area contributed by atoms with Gasteiger partial charge in [-0.3, -0.25) is 9.48 Å². The fraction of sp³-hybridized carbons (Fsp3) is 0.316. The van der Waals surface area contributed by atoms with E-state index in [4.69, 9.17) is 10.5 Å². The Kier molecular flexibility index (Phi) is 3.99. The summed E-state index contributed by atoms with van der Waals surface area (Å²) < 4.78 is 6.54. The van der Waals surface area contributed by atoms with Gasteiger partial charge in [-0.1, -0.05) is 24.3 Å². The third kappa shape index (κ3) is 2.75. The largest absolute Gasteiger partial charge is 0.445 e. The summed E-state index contributed by atoms with van der Waals surface area (Å²) in [5.41, 5.74) is 10.4. The van der Waals surface area contributed by atoms with Crippen molar-refractivity contribution in [2.75, 3.05) is 0 Å². The summed E-state index contributed by atoms with van der Waals surface area (Å²) in [7, 11) is 1.84. The molecule has 0 saturated carbocycles. The molecule has 4 rings (SSSR count). The van der Waals surface area contributed by atoms with E-state index in [0.717, 1.165) is 64.7 Å². The molecule has 0 radical (unpaired) electrons. The summed E-state index contributed by atoms with van der Waals surface area (Å²) in [4.78, 5) is 26.1.